The van der Waals surface area contributed by atoms with Crippen molar-refractivity contribution in [2.24, 2.45) is 32.9 Å². The molecule has 0 aromatic heterocycles. The highest BCUT2D eigenvalue weighted by atomic mass is 16.4. The molecule has 0 bridgehead atoms. The predicted octanol–water partition coefficient (Wildman–Crippen LogP) is -2.04. The van der Waals surface area contributed by atoms with Gasteiger partial charge in [0.1, 0.15) is 30.7 Å². The molecule has 1 aliphatic heterocycles. The van der Waals surface area contributed by atoms with Gasteiger partial charge in [0.05, 0.1) is 0 Å². The summed E-state index contributed by atoms with van der Waals surface area (Å²) in [5.41, 5.74) is 22.6. The van der Waals surface area contributed by atoms with Crippen LogP contribution in [0.3, 0.4) is 0 Å². The van der Waals surface area contributed by atoms with Crippen LogP contribution in [0.4, 0.5) is 0 Å². The number of rotatable bonds is 21. The number of aliphatic imine (C=N–C) groups is 2. The third kappa shape index (κ3) is 12.8. The maximum absolute atomic E-state index is 14.2. The summed E-state index contributed by atoms with van der Waals surface area (Å²) >= 11 is 0. The molecule has 5 amide bonds. The van der Waals surface area contributed by atoms with Crippen molar-refractivity contribution in [2.45, 2.75) is 75.5 Å². The first kappa shape index (κ1) is 46.3. The van der Waals surface area contributed by atoms with Gasteiger partial charge in [0.2, 0.25) is 35.2 Å². The van der Waals surface area contributed by atoms with Gasteiger partial charge < -0.3 is 59.3 Å². The molecular formula is C39H49N11O11. The van der Waals surface area contributed by atoms with Crippen molar-refractivity contribution in [1.29, 1.82) is 0 Å². The van der Waals surface area contributed by atoms with Crippen LogP contribution in [0.2, 0.25) is 0 Å². The Labute approximate surface area is 348 Å². The number of likely N-dealkylation sites (tertiary alicyclic amines) is 1. The third-order valence-electron chi connectivity index (χ3n) is 9.85. The number of benzene rings is 2. The molecule has 326 valence electrons. The lowest BCUT2D eigenvalue weighted by Crippen LogP contribution is -2.58. The molecule has 1 aliphatic carbocycles. The number of guanidine groups is 2. The van der Waals surface area contributed by atoms with Crippen LogP contribution >= 0.6 is 0 Å². The minimum absolute atomic E-state index is 0.00934. The molecule has 1 fully saturated rings. The van der Waals surface area contributed by atoms with Gasteiger partial charge in [-0.25, -0.2) is 0 Å². The summed E-state index contributed by atoms with van der Waals surface area (Å²) in [6.07, 6.45) is -0.151. The zero-order valence-corrected chi connectivity index (χ0v) is 33.1. The summed E-state index contributed by atoms with van der Waals surface area (Å²) in [4.78, 5) is 126. The Bertz CT molecular complexity index is 2110. The molecule has 0 radical (unpaired) electrons. The van der Waals surface area contributed by atoms with E-state index < -0.39 is 96.6 Å². The Hall–Kier alpha value is -7.39. The lowest BCUT2D eigenvalue weighted by Gasteiger charge is -2.30. The Kier molecular flexibility index (Phi) is 16.4. The van der Waals surface area contributed by atoms with Gasteiger partial charge in [-0.3, -0.25) is 53.1 Å². The van der Waals surface area contributed by atoms with Gasteiger partial charge in [-0.1, -0.05) is 30.3 Å². The quantitative estimate of drug-likeness (QED) is 0.0280. The maximum Gasteiger partial charge on any atom is 0.322 e. The summed E-state index contributed by atoms with van der Waals surface area (Å²) in [5.74, 6) is -8.66. The molecule has 0 spiro atoms. The number of carboxylic acid groups (broad SMARTS) is 2. The van der Waals surface area contributed by atoms with Crippen molar-refractivity contribution >= 4 is 65.0 Å². The molecule has 22 heteroatoms. The van der Waals surface area contributed by atoms with E-state index in [9.17, 15) is 48.3 Å². The van der Waals surface area contributed by atoms with Crippen LogP contribution in [0.5, 0.6) is 0 Å². The van der Waals surface area contributed by atoms with Crippen LogP contribution < -0.4 is 44.2 Å². The molecule has 1 saturated heterocycles. The second-order valence-electron chi connectivity index (χ2n) is 14.2. The summed E-state index contributed by atoms with van der Waals surface area (Å²) in [5, 5.41) is 28.4. The molecule has 0 unspecified atom stereocenters. The minimum atomic E-state index is -1.52. The number of nitrogens with zero attached hydrogens (tertiary/aromatic N) is 3. The Morgan fingerprint density at radius 2 is 1.30 bits per heavy atom. The van der Waals surface area contributed by atoms with E-state index in [1.807, 2.05) is 0 Å². The number of Topliss-reactive ketones (excluding diaryl/α,β-unsaturated/α-hetero) is 2. The number of hydrogen-bond donors (Lipinski definition) is 10. The number of nitrogens with two attached hydrogens (primary N) is 4. The second kappa shape index (κ2) is 21.6. The van der Waals surface area contributed by atoms with E-state index in [-0.39, 0.29) is 80.3 Å². The van der Waals surface area contributed by atoms with Gasteiger partial charge in [-0.05, 0) is 68.2 Å². The fourth-order valence-corrected chi connectivity index (χ4v) is 6.91. The second-order valence-corrected chi connectivity index (χ2v) is 14.2. The van der Waals surface area contributed by atoms with Gasteiger partial charge in [0.25, 0.3) is 5.91 Å². The number of carboxylic acids is 2. The first-order valence-electron chi connectivity index (χ1n) is 19.3. The summed E-state index contributed by atoms with van der Waals surface area (Å²) in [6, 6.07) is 5.38. The fourth-order valence-electron chi connectivity index (χ4n) is 6.91. The topological polar surface area (TPSA) is 374 Å². The summed E-state index contributed by atoms with van der Waals surface area (Å²) in [6.45, 7) is -0.499. The Balaban J connectivity index is 1.55. The number of ketones is 2. The smallest absolute Gasteiger partial charge is 0.322 e. The zero-order valence-electron chi connectivity index (χ0n) is 33.1. The van der Waals surface area contributed by atoms with Crippen molar-refractivity contribution in [1.82, 2.24) is 26.2 Å². The lowest BCUT2D eigenvalue weighted by atomic mass is 9.83. The molecular weight excluding hydrogens is 798 g/mol. The minimum Gasteiger partial charge on any atom is -0.481 e. The van der Waals surface area contributed by atoms with Crippen molar-refractivity contribution in [3.63, 3.8) is 0 Å². The molecule has 61 heavy (non-hydrogen) atoms. The van der Waals surface area contributed by atoms with E-state index in [1.54, 1.807) is 18.2 Å². The molecule has 22 nitrogen and oxygen atoms in total. The number of hydrogen-bond acceptors (Lipinski definition) is 11. The Morgan fingerprint density at radius 1 is 0.705 bits per heavy atom. The standard InChI is InChI=1S/C39H49N11O11/c40-38(41)44-15-3-8-25(34(58)46-19-30(53)54)48-36(60)28-10-5-17-50(28)37(61)27(9-4-16-45-39(42)43)49-35(59)26(13-14-29(51)52)47-33(57)20-11-12-22-21-6-1-2-7-23(21)31(55)32(56)24(22)18-20/h1-2,6-7,11-12,18,25-28H,3-5,8-10,13-17,19H2,(H,46,58)(H,47,57)(H,48,60)(H,49,59)(H,51,52)(H,53,54)(H4,40,41,44)(H4,42,43,45)/t25-,26-,27-,28-/m0/s1. The van der Waals surface area contributed by atoms with Crippen molar-refractivity contribution in [3.05, 3.63) is 59.2 Å². The number of carbonyl (C=O) groups is 9. The zero-order chi connectivity index (χ0) is 44.8. The fraction of sp³-hybridized carbons (Fsp3) is 0.410. The molecule has 2 aromatic rings. The molecule has 0 saturated carbocycles. The highest BCUT2D eigenvalue weighted by molar-refractivity contribution is 6.53. The van der Waals surface area contributed by atoms with Gasteiger partial charge >= 0.3 is 11.9 Å². The van der Waals surface area contributed by atoms with E-state index in [1.165, 1.54) is 29.2 Å². The monoisotopic (exact) mass is 847 g/mol. The van der Waals surface area contributed by atoms with Gasteiger partial charge in [0.15, 0.2) is 11.9 Å². The van der Waals surface area contributed by atoms with Crippen molar-refractivity contribution < 1.29 is 53.4 Å². The van der Waals surface area contributed by atoms with E-state index in [2.05, 4.69) is 31.3 Å². The van der Waals surface area contributed by atoms with Crippen molar-refractivity contribution in [3.8, 4) is 11.1 Å². The molecule has 2 aliphatic rings. The molecule has 1 heterocycles. The van der Waals surface area contributed by atoms with Crippen LogP contribution in [-0.2, 0) is 28.8 Å². The average molecular weight is 848 g/mol. The number of amides is 5. The Morgan fingerprint density at radius 3 is 1.92 bits per heavy atom. The van der Waals surface area contributed by atoms with E-state index in [4.69, 9.17) is 28.0 Å². The van der Waals surface area contributed by atoms with Crippen LogP contribution in [0.15, 0.2) is 52.4 Å². The number of fused-ring (bicyclic) bond motifs is 3. The van der Waals surface area contributed by atoms with Gasteiger partial charge in [-0.2, -0.15) is 0 Å². The van der Waals surface area contributed by atoms with E-state index in [0.717, 1.165) is 0 Å². The van der Waals surface area contributed by atoms with Crippen LogP contribution in [0, 0.1) is 0 Å². The lowest BCUT2D eigenvalue weighted by molar-refractivity contribution is -0.142. The SMILES string of the molecule is NC(N)=NCCC[C@H](NC(=O)[C@@H]1CCCN1C(=O)[C@H](CCCN=C(N)N)NC(=O)[C@H](CCC(=O)O)NC(=O)c1ccc2c(c1)C(=O)C(=O)c1ccccc1-2)C(=O)NCC(=O)O. The number of nitrogens with one attached hydrogen (secondary N) is 4. The highest BCUT2D eigenvalue weighted by Gasteiger charge is 2.40. The van der Waals surface area contributed by atoms with Crippen LogP contribution in [-0.4, -0.2) is 130 Å². The summed E-state index contributed by atoms with van der Waals surface area (Å²) in [7, 11) is 0. The van der Waals surface area contributed by atoms with E-state index in [0.29, 0.717) is 17.5 Å². The van der Waals surface area contributed by atoms with Crippen molar-refractivity contribution in [2.75, 3.05) is 26.2 Å². The highest BCUT2D eigenvalue weighted by Crippen LogP contribution is 2.34. The number of aliphatic carboxylic acids is 2. The normalized spacial score (nSPS) is 15.5. The predicted molar refractivity (Wildman–Crippen MR) is 218 cm³/mol. The van der Waals surface area contributed by atoms with Gasteiger partial charge in [-0.15, -0.1) is 0 Å². The molecule has 2 aromatic carbocycles. The van der Waals surface area contributed by atoms with Gasteiger partial charge in [0, 0.05) is 42.7 Å². The molecule has 4 rings (SSSR count). The summed E-state index contributed by atoms with van der Waals surface area (Å²) < 4.78 is 0. The van der Waals surface area contributed by atoms with Crippen LogP contribution in [0.25, 0.3) is 11.1 Å². The maximum atomic E-state index is 14.2. The first-order valence-corrected chi connectivity index (χ1v) is 19.3. The molecule has 4 atom stereocenters. The third-order valence-corrected chi connectivity index (χ3v) is 9.85. The van der Waals surface area contributed by atoms with E-state index >= 15 is 0 Å². The first-order chi connectivity index (χ1) is 29.0. The van der Waals surface area contributed by atoms with Crippen LogP contribution in [0.1, 0.15) is 82.4 Å². The largest absolute Gasteiger partial charge is 0.481 e. The number of carbonyl (C=O) groups excluding carboxylic acids is 7. The molecule has 14 N–H and O–H groups in total. The average Bonchev–Trinajstić information content (AvgIpc) is 3.72.